The summed E-state index contributed by atoms with van der Waals surface area (Å²) in [7, 11) is 1.71. The van der Waals surface area contributed by atoms with E-state index in [9.17, 15) is 0 Å². The molecular weight excluding hydrogens is 306 g/mol. The zero-order valence-corrected chi connectivity index (χ0v) is 14.6. The van der Waals surface area contributed by atoms with E-state index < -0.39 is 0 Å². The van der Waals surface area contributed by atoms with Crippen LogP contribution in [0.25, 0.3) is 0 Å². The molecule has 2 heteroatoms. The Morgan fingerprint density at radius 1 is 0.800 bits per heavy atom. The number of para-hydroxylation sites is 2. The predicted octanol–water partition coefficient (Wildman–Crippen LogP) is 5.37. The SMILES string of the molecule is COc1ccc(CCCN2c3ccccc3Cc3ccccc32)cc1. The molecule has 0 N–H and O–H groups in total. The molecule has 0 aromatic heterocycles. The maximum Gasteiger partial charge on any atom is 0.118 e. The van der Waals surface area contributed by atoms with Gasteiger partial charge in [-0.15, -0.1) is 0 Å². The van der Waals surface area contributed by atoms with E-state index in [1.54, 1.807) is 7.11 Å². The van der Waals surface area contributed by atoms with E-state index in [-0.39, 0.29) is 0 Å². The number of hydrogen-bond acceptors (Lipinski definition) is 2. The van der Waals surface area contributed by atoms with Crippen LogP contribution in [0.5, 0.6) is 5.75 Å². The van der Waals surface area contributed by atoms with Crippen LogP contribution in [0.4, 0.5) is 11.4 Å². The van der Waals surface area contributed by atoms with E-state index in [0.29, 0.717) is 0 Å². The van der Waals surface area contributed by atoms with Crippen molar-refractivity contribution in [1.29, 1.82) is 0 Å². The third-order valence-corrected chi connectivity index (χ3v) is 4.95. The van der Waals surface area contributed by atoms with Crippen LogP contribution < -0.4 is 9.64 Å². The van der Waals surface area contributed by atoms with Crippen molar-refractivity contribution in [3.8, 4) is 5.75 Å². The lowest BCUT2D eigenvalue weighted by Crippen LogP contribution is -2.24. The number of nitrogens with zero attached hydrogens (tertiary/aromatic N) is 1. The molecule has 0 saturated carbocycles. The molecule has 0 saturated heterocycles. The molecule has 0 amide bonds. The summed E-state index contributed by atoms with van der Waals surface area (Å²) >= 11 is 0. The first-order valence-corrected chi connectivity index (χ1v) is 8.91. The first-order valence-electron chi connectivity index (χ1n) is 8.91. The molecule has 3 aromatic rings. The van der Waals surface area contributed by atoms with E-state index in [1.807, 2.05) is 12.1 Å². The highest BCUT2D eigenvalue weighted by atomic mass is 16.5. The second kappa shape index (κ2) is 7.02. The van der Waals surface area contributed by atoms with Crippen LogP contribution in [0.15, 0.2) is 72.8 Å². The molecule has 25 heavy (non-hydrogen) atoms. The van der Waals surface area contributed by atoms with Crippen LogP contribution in [-0.2, 0) is 12.8 Å². The average molecular weight is 329 g/mol. The molecule has 0 spiro atoms. The van der Waals surface area contributed by atoms with E-state index in [1.165, 1.54) is 28.1 Å². The van der Waals surface area contributed by atoms with Crippen molar-refractivity contribution in [2.24, 2.45) is 0 Å². The molecule has 0 bridgehead atoms. The Balaban J connectivity index is 1.51. The summed E-state index contributed by atoms with van der Waals surface area (Å²) in [5.74, 6) is 0.919. The third kappa shape index (κ3) is 3.25. The third-order valence-electron chi connectivity index (χ3n) is 4.95. The Bertz CT molecular complexity index is 808. The van der Waals surface area contributed by atoms with E-state index >= 15 is 0 Å². The summed E-state index contributed by atoms with van der Waals surface area (Å²) < 4.78 is 5.24. The van der Waals surface area contributed by atoms with Crippen LogP contribution in [0.3, 0.4) is 0 Å². The lowest BCUT2D eigenvalue weighted by molar-refractivity contribution is 0.414. The molecule has 2 nitrogen and oxygen atoms in total. The summed E-state index contributed by atoms with van der Waals surface area (Å²) in [6.45, 7) is 1.03. The summed E-state index contributed by atoms with van der Waals surface area (Å²) in [5.41, 5.74) is 6.92. The Morgan fingerprint density at radius 2 is 1.40 bits per heavy atom. The second-order valence-corrected chi connectivity index (χ2v) is 6.54. The lowest BCUT2D eigenvalue weighted by atomic mass is 9.95. The summed E-state index contributed by atoms with van der Waals surface area (Å²) in [4.78, 5) is 2.48. The molecule has 1 heterocycles. The van der Waals surface area contributed by atoms with Gasteiger partial charge in [0.05, 0.1) is 7.11 Å². The maximum absolute atomic E-state index is 5.24. The average Bonchev–Trinajstić information content (AvgIpc) is 2.68. The smallest absolute Gasteiger partial charge is 0.118 e. The van der Waals surface area contributed by atoms with Crippen molar-refractivity contribution in [2.45, 2.75) is 19.3 Å². The lowest BCUT2D eigenvalue weighted by Gasteiger charge is -2.33. The molecule has 0 aliphatic carbocycles. The van der Waals surface area contributed by atoms with Crippen molar-refractivity contribution >= 4 is 11.4 Å². The standard InChI is InChI=1S/C23H23NO/c1-25-21-14-12-18(13-15-21)7-6-16-24-22-10-4-2-8-19(22)17-20-9-3-5-11-23(20)24/h2-5,8-15H,6-7,16-17H2,1H3. The van der Waals surface area contributed by atoms with Crippen LogP contribution >= 0.6 is 0 Å². The molecule has 126 valence electrons. The van der Waals surface area contributed by atoms with Gasteiger partial charge in [-0.25, -0.2) is 0 Å². The zero-order valence-electron chi connectivity index (χ0n) is 14.6. The maximum atomic E-state index is 5.24. The van der Waals surface area contributed by atoms with Gasteiger partial charge in [-0.3, -0.25) is 0 Å². The van der Waals surface area contributed by atoms with Crippen molar-refractivity contribution in [1.82, 2.24) is 0 Å². The molecule has 0 radical (unpaired) electrons. The molecular formula is C23H23NO. The first kappa shape index (κ1) is 15.8. The highest BCUT2D eigenvalue weighted by Gasteiger charge is 2.21. The largest absolute Gasteiger partial charge is 0.497 e. The minimum absolute atomic E-state index is 0.919. The predicted molar refractivity (Wildman–Crippen MR) is 104 cm³/mol. The number of anilines is 2. The van der Waals surface area contributed by atoms with Crippen molar-refractivity contribution in [3.63, 3.8) is 0 Å². The van der Waals surface area contributed by atoms with Crippen LogP contribution in [0.2, 0.25) is 0 Å². The number of hydrogen-bond donors (Lipinski definition) is 0. The van der Waals surface area contributed by atoms with Crippen molar-refractivity contribution in [3.05, 3.63) is 89.5 Å². The van der Waals surface area contributed by atoms with Gasteiger partial charge in [0.25, 0.3) is 0 Å². The number of methoxy groups -OCH3 is 1. The molecule has 4 rings (SSSR count). The number of ether oxygens (including phenoxy) is 1. The van der Waals surface area contributed by atoms with Gasteiger partial charge >= 0.3 is 0 Å². The van der Waals surface area contributed by atoms with Gasteiger partial charge in [0.15, 0.2) is 0 Å². The highest BCUT2D eigenvalue weighted by Crippen LogP contribution is 2.38. The Morgan fingerprint density at radius 3 is 2.00 bits per heavy atom. The quantitative estimate of drug-likeness (QED) is 0.624. The van der Waals surface area contributed by atoms with Gasteiger partial charge in [0.1, 0.15) is 5.75 Å². The summed E-state index contributed by atoms with van der Waals surface area (Å²) in [5, 5.41) is 0. The van der Waals surface area contributed by atoms with E-state index in [2.05, 4.69) is 65.6 Å². The number of aryl methyl sites for hydroxylation is 1. The minimum atomic E-state index is 0.919. The van der Waals surface area contributed by atoms with E-state index in [0.717, 1.165) is 31.6 Å². The molecule has 3 aromatic carbocycles. The molecule has 0 atom stereocenters. The van der Waals surface area contributed by atoms with Gasteiger partial charge in [-0.1, -0.05) is 48.5 Å². The van der Waals surface area contributed by atoms with Crippen molar-refractivity contribution < 1.29 is 4.74 Å². The van der Waals surface area contributed by atoms with Gasteiger partial charge in [-0.05, 0) is 53.8 Å². The number of benzene rings is 3. The van der Waals surface area contributed by atoms with Gasteiger partial charge in [-0.2, -0.15) is 0 Å². The van der Waals surface area contributed by atoms with E-state index in [4.69, 9.17) is 4.74 Å². The fourth-order valence-electron chi connectivity index (χ4n) is 3.66. The zero-order chi connectivity index (χ0) is 17.1. The topological polar surface area (TPSA) is 12.5 Å². The Labute approximate surface area is 149 Å². The molecule has 0 fully saturated rings. The monoisotopic (exact) mass is 329 g/mol. The fraction of sp³-hybridized carbons (Fsp3) is 0.217. The van der Waals surface area contributed by atoms with Gasteiger partial charge in [0, 0.05) is 24.3 Å². The Hall–Kier alpha value is -2.74. The first-order chi connectivity index (χ1) is 12.3. The number of fused-ring (bicyclic) bond motifs is 2. The normalized spacial score (nSPS) is 12.4. The fourth-order valence-corrected chi connectivity index (χ4v) is 3.66. The second-order valence-electron chi connectivity index (χ2n) is 6.54. The summed E-state index contributed by atoms with van der Waals surface area (Å²) in [6.07, 6.45) is 3.22. The highest BCUT2D eigenvalue weighted by molar-refractivity contribution is 5.74. The van der Waals surface area contributed by atoms with Crippen molar-refractivity contribution in [2.75, 3.05) is 18.6 Å². The number of rotatable bonds is 5. The van der Waals surface area contributed by atoms with Crippen LogP contribution in [0, 0.1) is 0 Å². The molecule has 1 aliphatic heterocycles. The van der Waals surface area contributed by atoms with Crippen LogP contribution in [-0.4, -0.2) is 13.7 Å². The Kier molecular flexibility index (Phi) is 4.43. The molecule has 0 unspecified atom stereocenters. The van der Waals surface area contributed by atoms with Gasteiger partial charge < -0.3 is 9.64 Å². The molecule has 1 aliphatic rings. The van der Waals surface area contributed by atoms with Gasteiger partial charge in [0.2, 0.25) is 0 Å². The minimum Gasteiger partial charge on any atom is -0.497 e. The van der Waals surface area contributed by atoms with Crippen LogP contribution in [0.1, 0.15) is 23.1 Å². The summed E-state index contributed by atoms with van der Waals surface area (Å²) in [6, 6.07) is 26.0.